The lowest BCUT2D eigenvalue weighted by atomic mass is 9.77. The molecule has 16 heteroatoms. The number of ether oxygens (including phenoxy) is 8. The molecular weight excluding hydrogens is 783 g/mol. The second-order valence-electron chi connectivity index (χ2n) is 18.4. The van der Waals surface area contributed by atoms with E-state index in [0.717, 1.165) is 0 Å². The third-order valence-corrected chi connectivity index (χ3v) is 13.3. The molecule has 3 aliphatic rings. The van der Waals surface area contributed by atoms with E-state index in [2.05, 4.69) is 5.32 Å². The van der Waals surface area contributed by atoms with E-state index in [1.165, 1.54) is 39.3 Å². The van der Waals surface area contributed by atoms with E-state index in [0.29, 0.717) is 18.7 Å². The van der Waals surface area contributed by atoms with Gasteiger partial charge >= 0.3 is 5.97 Å². The third kappa shape index (κ3) is 11.3. The molecule has 3 aliphatic heterocycles. The molecule has 3 saturated heterocycles. The first-order valence-corrected chi connectivity index (χ1v) is 21.5. The molecule has 0 aliphatic carbocycles. The number of hydrogen-bond acceptors (Lipinski definition) is 15. The smallest absolute Gasteiger partial charge is 0.311 e. The van der Waals surface area contributed by atoms with Crippen molar-refractivity contribution in [1.82, 2.24) is 10.2 Å². The lowest BCUT2D eigenvalue weighted by Crippen LogP contribution is -2.61. The summed E-state index contributed by atoms with van der Waals surface area (Å²) < 4.78 is 65.1. The Kier molecular flexibility index (Phi) is 17.2. The Morgan fingerprint density at radius 3 is 2.22 bits per heavy atom. The zero-order valence-corrected chi connectivity index (χ0v) is 38.2. The van der Waals surface area contributed by atoms with Crippen LogP contribution in [0.1, 0.15) is 94.9 Å². The summed E-state index contributed by atoms with van der Waals surface area (Å²) in [6, 6.07) is 3.04. The average Bonchev–Trinajstić information content (AvgIpc) is 3.18. The predicted octanol–water partition coefficient (Wildman–Crippen LogP) is 3.79. The number of halogens is 1. The summed E-state index contributed by atoms with van der Waals surface area (Å²) in [5, 5.41) is 50.6. The van der Waals surface area contributed by atoms with Crippen molar-refractivity contribution in [1.29, 1.82) is 0 Å². The highest BCUT2D eigenvalue weighted by atomic mass is 19.1. The highest BCUT2D eigenvalue weighted by Gasteiger charge is 2.53. The van der Waals surface area contributed by atoms with Gasteiger partial charge in [-0.05, 0) is 99.9 Å². The summed E-state index contributed by atoms with van der Waals surface area (Å²) in [5.41, 5.74) is -4.53. The Bertz CT molecular complexity index is 1540. The number of esters is 1. The van der Waals surface area contributed by atoms with Crippen molar-refractivity contribution in [2.24, 2.45) is 17.8 Å². The number of aliphatic hydroxyl groups is 4. The standard InChI is InChI=1S/C44H75FN2O13/c1-15-33-44(10,52)37(48)27(6)47(12)22-23(2)20-42(8,51)39(25(4)35(26(5)40(50)58-33)59-34-21-43(9,54-14)38(49)28(7)56-34)60-41-36(30(46-11)18-24(3)55-41)57-32-19-29(45)16-17-31(32)53-13/h16-17,19,23-28,30,33-39,41,46,48-49,51-52H,15,18,20-22H2,1-14H3/t23?,24-,25?,26?,27?,28+,30+,33?,34+,35?,36-,37?,38+,39?,41+,42?,43-,44?/m1/s1. The maximum atomic E-state index is 14.7. The molecular formula is C44H75FN2O13. The van der Waals surface area contributed by atoms with Gasteiger partial charge in [0, 0.05) is 38.1 Å². The highest BCUT2D eigenvalue weighted by Crippen LogP contribution is 2.41. The number of carbonyl (C=O) groups excluding carboxylic acids is 1. The van der Waals surface area contributed by atoms with Crippen molar-refractivity contribution in [2.75, 3.05) is 34.9 Å². The van der Waals surface area contributed by atoms with Gasteiger partial charge in [-0.1, -0.05) is 20.8 Å². The second-order valence-corrected chi connectivity index (χ2v) is 18.4. The van der Waals surface area contributed by atoms with Crippen LogP contribution in [0.15, 0.2) is 18.2 Å². The Labute approximate surface area is 356 Å². The van der Waals surface area contributed by atoms with Crippen molar-refractivity contribution in [2.45, 2.75) is 185 Å². The number of aliphatic hydroxyl groups excluding tert-OH is 2. The van der Waals surface area contributed by atoms with Crippen molar-refractivity contribution in [3.63, 3.8) is 0 Å². The minimum atomic E-state index is -1.84. The fourth-order valence-electron chi connectivity index (χ4n) is 9.54. The average molecular weight is 859 g/mol. The molecule has 4 rings (SSSR count). The summed E-state index contributed by atoms with van der Waals surface area (Å²) in [6.07, 6.45) is -8.67. The van der Waals surface area contributed by atoms with Crippen LogP contribution in [0.2, 0.25) is 0 Å². The van der Waals surface area contributed by atoms with Crippen LogP contribution >= 0.6 is 0 Å². The summed E-state index contributed by atoms with van der Waals surface area (Å²) in [4.78, 5) is 16.3. The summed E-state index contributed by atoms with van der Waals surface area (Å²) in [7, 11) is 6.57. The molecule has 1 aromatic carbocycles. The van der Waals surface area contributed by atoms with E-state index >= 15 is 0 Å². The molecule has 15 nitrogen and oxygen atoms in total. The van der Waals surface area contributed by atoms with E-state index in [-0.39, 0.29) is 43.1 Å². The summed E-state index contributed by atoms with van der Waals surface area (Å²) in [6.45, 7) is 17.9. The molecule has 0 radical (unpaired) electrons. The maximum Gasteiger partial charge on any atom is 0.311 e. The van der Waals surface area contributed by atoms with Gasteiger partial charge in [-0.2, -0.15) is 0 Å². The third-order valence-electron chi connectivity index (χ3n) is 13.3. The largest absolute Gasteiger partial charge is 0.493 e. The van der Waals surface area contributed by atoms with E-state index in [1.807, 2.05) is 32.7 Å². The van der Waals surface area contributed by atoms with Gasteiger partial charge in [0.2, 0.25) is 0 Å². The minimum absolute atomic E-state index is 0.0974. The SMILES string of the molecule is CCC1OC(=O)C(C)C(O[C@H]2C[C@@](C)(OC)[C@@H](O)[C@H](C)O2)C(C)C(O[C@@H]2O[C@H](C)C[C@H](NC)[C@H]2Oc2cc(F)ccc2OC)C(C)(O)CC(C)CN(C)C(C)C(O)C1(C)O. The monoisotopic (exact) mass is 859 g/mol. The van der Waals surface area contributed by atoms with Gasteiger partial charge in [0.1, 0.15) is 29.7 Å². The number of likely N-dealkylation sites (N-methyl/N-ethyl adjacent to an activating group) is 2. The van der Waals surface area contributed by atoms with Crippen molar-refractivity contribution in [3.05, 3.63) is 24.0 Å². The van der Waals surface area contributed by atoms with E-state index in [1.54, 1.807) is 48.6 Å². The summed E-state index contributed by atoms with van der Waals surface area (Å²) in [5.74, 6) is -2.89. The normalized spacial score (nSPS) is 44.3. The first-order chi connectivity index (χ1) is 27.9. The minimum Gasteiger partial charge on any atom is -0.493 e. The Hall–Kier alpha value is -2.22. The molecule has 60 heavy (non-hydrogen) atoms. The van der Waals surface area contributed by atoms with Crippen LogP contribution in [0.5, 0.6) is 11.5 Å². The number of hydrogen-bond donors (Lipinski definition) is 5. The number of rotatable bonds is 10. The lowest BCUT2D eigenvalue weighted by Gasteiger charge is -2.48. The molecule has 0 bridgehead atoms. The van der Waals surface area contributed by atoms with E-state index < -0.39 is 102 Å². The first-order valence-electron chi connectivity index (χ1n) is 21.5. The number of nitrogens with one attached hydrogen (secondary N) is 1. The zero-order chi connectivity index (χ0) is 45.1. The van der Waals surface area contributed by atoms with Gasteiger partial charge in [-0.15, -0.1) is 0 Å². The van der Waals surface area contributed by atoms with Crippen molar-refractivity contribution < 1.29 is 67.5 Å². The Balaban J connectivity index is 1.88. The molecule has 10 unspecified atom stereocenters. The van der Waals surface area contributed by atoms with Crippen molar-refractivity contribution in [3.8, 4) is 11.5 Å². The Morgan fingerprint density at radius 2 is 1.62 bits per heavy atom. The van der Waals surface area contributed by atoms with Gasteiger partial charge in [0.25, 0.3) is 0 Å². The molecule has 346 valence electrons. The van der Waals surface area contributed by atoms with Gasteiger partial charge in [-0.3, -0.25) is 4.79 Å². The Morgan fingerprint density at radius 1 is 0.950 bits per heavy atom. The van der Waals surface area contributed by atoms with Crippen LogP contribution in [0.25, 0.3) is 0 Å². The maximum absolute atomic E-state index is 14.7. The molecule has 1 aromatic rings. The predicted molar refractivity (Wildman–Crippen MR) is 221 cm³/mol. The van der Waals surface area contributed by atoms with Gasteiger partial charge < -0.3 is 68.5 Å². The molecule has 0 spiro atoms. The quantitative estimate of drug-likeness (QED) is 0.214. The van der Waals surface area contributed by atoms with Gasteiger partial charge in [0.05, 0.1) is 54.7 Å². The first kappa shape index (κ1) is 50.4. The summed E-state index contributed by atoms with van der Waals surface area (Å²) >= 11 is 0. The van der Waals surface area contributed by atoms with Crippen LogP contribution in [0, 0.1) is 23.6 Å². The molecule has 0 amide bonds. The molecule has 0 saturated carbocycles. The van der Waals surface area contributed by atoms with Crippen LogP contribution in [-0.2, 0) is 33.2 Å². The lowest BCUT2D eigenvalue weighted by molar-refractivity contribution is -0.314. The van der Waals surface area contributed by atoms with Gasteiger partial charge in [-0.25, -0.2) is 4.39 Å². The molecule has 0 aromatic heterocycles. The molecule has 3 fully saturated rings. The number of methoxy groups -OCH3 is 2. The van der Waals surface area contributed by atoms with Crippen molar-refractivity contribution >= 4 is 5.97 Å². The highest BCUT2D eigenvalue weighted by molar-refractivity contribution is 5.73. The number of benzene rings is 1. The molecule has 18 atom stereocenters. The number of nitrogens with zero attached hydrogens (tertiary/aromatic N) is 1. The van der Waals surface area contributed by atoms with Crippen LogP contribution in [-0.4, -0.2) is 156 Å². The van der Waals surface area contributed by atoms with Crippen LogP contribution in [0.4, 0.5) is 4.39 Å². The second kappa shape index (κ2) is 20.5. The number of cyclic esters (lactones) is 1. The van der Waals surface area contributed by atoms with E-state index in [4.69, 9.17) is 37.9 Å². The topological polar surface area (TPSA) is 187 Å². The van der Waals surface area contributed by atoms with Crippen LogP contribution in [0.3, 0.4) is 0 Å². The fourth-order valence-corrected chi connectivity index (χ4v) is 9.54. The van der Waals surface area contributed by atoms with Crippen LogP contribution < -0.4 is 14.8 Å². The molecule has 5 N–H and O–H groups in total. The number of carbonyl (C=O) groups is 1. The zero-order valence-electron chi connectivity index (χ0n) is 38.2. The fraction of sp³-hybridized carbons (Fsp3) is 0.841. The molecule has 3 heterocycles. The van der Waals surface area contributed by atoms with Gasteiger partial charge in [0.15, 0.2) is 30.2 Å². The van der Waals surface area contributed by atoms with E-state index in [9.17, 15) is 29.6 Å².